The number of hydrogen-bond acceptors (Lipinski definition) is 2. The number of amides is 1. The molecule has 0 saturated heterocycles. The molecule has 4 aliphatic rings. The van der Waals surface area contributed by atoms with Crippen molar-refractivity contribution in [1.82, 2.24) is 15.1 Å². The molecule has 4 bridgehead atoms. The van der Waals surface area contributed by atoms with Crippen LogP contribution in [0.25, 0.3) is 0 Å². The Labute approximate surface area is 132 Å². The molecule has 23 heavy (non-hydrogen) atoms. The zero-order valence-corrected chi connectivity index (χ0v) is 13.0. The molecule has 1 N–H and O–H groups in total. The van der Waals surface area contributed by atoms with Gasteiger partial charge in [0.1, 0.15) is 5.69 Å². The van der Waals surface area contributed by atoms with Crippen LogP contribution in [0.15, 0.2) is 6.07 Å². The van der Waals surface area contributed by atoms with Gasteiger partial charge in [0.2, 0.25) is 0 Å². The van der Waals surface area contributed by atoms with E-state index in [1.807, 2.05) is 0 Å². The van der Waals surface area contributed by atoms with Gasteiger partial charge in [-0.1, -0.05) is 0 Å². The van der Waals surface area contributed by atoms with Crippen molar-refractivity contribution in [3.63, 3.8) is 0 Å². The molecule has 7 heteroatoms. The number of hydrogen-bond donors (Lipinski definition) is 1. The molecule has 4 fully saturated rings. The standard InChI is InChI=1S/C16H20F3N3O/c1-22-12(5-13(21-22)16(17,18)19)14(23)20-15-6-9-2-10(7-15)4-11(3-9)8-15/h5,9-11H,2-4,6-8H2,1H3,(H,20,23). The number of carbonyl (C=O) groups is 1. The van der Waals surface area contributed by atoms with Gasteiger partial charge in [0.15, 0.2) is 5.69 Å². The van der Waals surface area contributed by atoms with E-state index in [1.165, 1.54) is 26.3 Å². The number of alkyl halides is 3. The van der Waals surface area contributed by atoms with Crippen LogP contribution in [0.1, 0.15) is 54.7 Å². The van der Waals surface area contributed by atoms with E-state index in [4.69, 9.17) is 0 Å². The Morgan fingerprint density at radius 3 is 2.17 bits per heavy atom. The predicted molar refractivity (Wildman–Crippen MR) is 76.6 cm³/mol. The van der Waals surface area contributed by atoms with E-state index in [9.17, 15) is 18.0 Å². The average molecular weight is 327 g/mol. The number of halogens is 3. The molecule has 1 amide bonds. The monoisotopic (exact) mass is 327 g/mol. The van der Waals surface area contributed by atoms with Gasteiger partial charge < -0.3 is 5.32 Å². The van der Waals surface area contributed by atoms with Crippen LogP contribution in [0.3, 0.4) is 0 Å². The summed E-state index contributed by atoms with van der Waals surface area (Å²) in [5, 5.41) is 6.51. The molecule has 0 spiro atoms. The Balaban J connectivity index is 1.56. The second kappa shape index (κ2) is 4.74. The third kappa shape index (κ3) is 2.54. The van der Waals surface area contributed by atoms with Gasteiger partial charge in [-0.2, -0.15) is 18.3 Å². The van der Waals surface area contributed by atoms with Crippen molar-refractivity contribution in [2.45, 2.75) is 50.2 Å². The molecular formula is C16H20F3N3O. The van der Waals surface area contributed by atoms with Gasteiger partial charge in [-0.25, -0.2) is 0 Å². The zero-order chi connectivity index (χ0) is 16.4. The molecule has 0 aromatic carbocycles. The molecule has 0 unspecified atom stereocenters. The molecule has 0 radical (unpaired) electrons. The van der Waals surface area contributed by atoms with E-state index in [-0.39, 0.29) is 11.2 Å². The van der Waals surface area contributed by atoms with E-state index in [2.05, 4.69) is 10.4 Å². The van der Waals surface area contributed by atoms with Crippen molar-refractivity contribution >= 4 is 5.91 Å². The first-order valence-electron chi connectivity index (χ1n) is 8.18. The maximum absolute atomic E-state index is 12.8. The quantitative estimate of drug-likeness (QED) is 0.907. The summed E-state index contributed by atoms with van der Waals surface area (Å²) in [4.78, 5) is 12.6. The molecule has 4 aliphatic carbocycles. The van der Waals surface area contributed by atoms with E-state index >= 15 is 0 Å². The first-order valence-corrected chi connectivity index (χ1v) is 8.18. The number of rotatable bonds is 2. The summed E-state index contributed by atoms with van der Waals surface area (Å²) in [6.45, 7) is 0. The highest BCUT2D eigenvalue weighted by molar-refractivity contribution is 5.93. The number of nitrogens with one attached hydrogen (secondary N) is 1. The van der Waals surface area contributed by atoms with Crippen molar-refractivity contribution in [2.24, 2.45) is 24.8 Å². The highest BCUT2D eigenvalue weighted by Crippen LogP contribution is 2.55. The number of aryl methyl sites for hydroxylation is 1. The predicted octanol–water partition coefficient (Wildman–Crippen LogP) is 3.14. The van der Waals surface area contributed by atoms with Crippen molar-refractivity contribution in [3.8, 4) is 0 Å². The highest BCUT2D eigenvalue weighted by atomic mass is 19.4. The van der Waals surface area contributed by atoms with Crippen LogP contribution in [-0.4, -0.2) is 21.2 Å². The Morgan fingerprint density at radius 1 is 1.22 bits per heavy atom. The second-order valence-electron chi connectivity index (χ2n) is 7.69. The minimum Gasteiger partial charge on any atom is -0.345 e. The molecule has 4 saturated carbocycles. The molecule has 4 nitrogen and oxygen atoms in total. The van der Waals surface area contributed by atoms with Crippen LogP contribution >= 0.6 is 0 Å². The fraction of sp³-hybridized carbons (Fsp3) is 0.750. The van der Waals surface area contributed by atoms with Crippen LogP contribution in [0.5, 0.6) is 0 Å². The third-order valence-corrected chi connectivity index (χ3v) is 5.82. The van der Waals surface area contributed by atoms with Crippen LogP contribution < -0.4 is 5.32 Å². The van der Waals surface area contributed by atoms with Crippen LogP contribution in [0.4, 0.5) is 13.2 Å². The van der Waals surface area contributed by atoms with Crippen molar-refractivity contribution in [3.05, 3.63) is 17.5 Å². The molecule has 5 rings (SSSR count). The Kier molecular flexibility index (Phi) is 3.09. The van der Waals surface area contributed by atoms with Gasteiger partial charge in [0, 0.05) is 18.7 Å². The Morgan fingerprint density at radius 2 is 1.74 bits per heavy atom. The minimum atomic E-state index is -4.53. The number of aromatic nitrogens is 2. The van der Waals surface area contributed by atoms with Crippen molar-refractivity contribution in [1.29, 1.82) is 0 Å². The van der Waals surface area contributed by atoms with Gasteiger partial charge in [-0.3, -0.25) is 9.48 Å². The first-order chi connectivity index (χ1) is 10.7. The molecule has 0 aliphatic heterocycles. The SMILES string of the molecule is Cn1nc(C(F)(F)F)cc1C(=O)NC12CC3CC(CC(C3)C1)C2. The number of carbonyl (C=O) groups excluding carboxylic acids is 1. The zero-order valence-electron chi connectivity index (χ0n) is 13.0. The van der Waals surface area contributed by atoms with Crippen molar-refractivity contribution in [2.75, 3.05) is 0 Å². The highest BCUT2D eigenvalue weighted by Gasteiger charge is 2.51. The molecule has 126 valence electrons. The van der Waals surface area contributed by atoms with Crippen LogP contribution in [-0.2, 0) is 13.2 Å². The maximum atomic E-state index is 12.8. The fourth-order valence-corrected chi connectivity index (χ4v) is 5.39. The summed E-state index contributed by atoms with van der Waals surface area (Å²) in [6, 6.07) is 0.843. The summed E-state index contributed by atoms with van der Waals surface area (Å²) >= 11 is 0. The second-order valence-corrected chi connectivity index (χ2v) is 7.69. The van der Waals surface area contributed by atoms with Gasteiger partial charge >= 0.3 is 6.18 Å². The van der Waals surface area contributed by atoms with E-state index in [1.54, 1.807) is 0 Å². The molecule has 1 heterocycles. The third-order valence-electron chi connectivity index (χ3n) is 5.82. The molecule has 0 atom stereocenters. The smallest absolute Gasteiger partial charge is 0.345 e. The average Bonchev–Trinajstić information content (AvgIpc) is 2.78. The number of nitrogens with zero attached hydrogens (tertiary/aromatic N) is 2. The first kappa shape index (κ1) is 15.0. The van der Waals surface area contributed by atoms with E-state index in [0.29, 0.717) is 17.8 Å². The van der Waals surface area contributed by atoms with E-state index < -0.39 is 17.8 Å². The lowest BCUT2D eigenvalue weighted by molar-refractivity contribution is -0.141. The fourth-order valence-electron chi connectivity index (χ4n) is 5.39. The van der Waals surface area contributed by atoms with Gasteiger partial charge in [0.05, 0.1) is 0 Å². The maximum Gasteiger partial charge on any atom is 0.435 e. The lowest BCUT2D eigenvalue weighted by atomic mass is 9.53. The summed E-state index contributed by atoms with van der Waals surface area (Å²) in [5.74, 6) is 1.56. The van der Waals surface area contributed by atoms with Crippen LogP contribution in [0, 0.1) is 17.8 Å². The van der Waals surface area contributed by atoms with Gasteiger partial charge in [-0.15, -0.1) is 0 Å². The Bertz CT molecular complexity index is 614. The molecule has 1 aromatic rings. The minimum absolute atomic E-state index is 0.0203. The lowest BCUT2D eigenvalue weighted by Crippen LogP contribution is -2.60. The molecule has 1 aromatic heterocycles. The lowest BCUT2D eigenvalue weighted by Gasteiger charge is -2.56. The van der Waals surface area contributed by atoms with Gasteiger partial charge in [0.25, 0.3) is 5.91 Å². The van der Waals surface area contributed by atoms with E-state index in [0.717, 1.165) is 30.0 Å². The van der Waals surface area contributed by atoms with Gasteiger partial charge in [-0.05, 0) is 56.3 Å². The van der Waals surface area contributed by atoms with Crippen LogP contribution in [0.2, 0.25) is 0 Å². The summed E-state index contributed by atoms with van der Waals surface area (Å²) < 4.78 is 39.3. The summed E-state index contributed by atoms with van der Waals surface area (Å²) in [5.41, 5.74) is -1.25. The normalized spacial score (nSPS) is 35.6. The summed E-state index contributed by atoms with van der Waals surface area (Å²) in [7, 11) is 1.38. The topological polar surface area (TPSA) is 46.9 Å². The largest absolute Gasteiger partial charge is 0.435 e. The summed E-state index contributed by atoms with van der Waals surface area (Å²) in [6.07, 6.45) is 2.12. The molecular weight excluding hydrogens is 307 g/mol. The Hall–Kier alpha value is -1.53. The van der Waals surface area contributed by atoms with Crippen molar-refractivity contribution < 1.29 is 18.0 Å².